The predicted octanol–water partition coefficient (Wildman–Crippen LogP) is 10.2. The highest BCUT2D eigenvalue weighted by Crippen LogP contribution is 2.77. The molecule has 1 aromatic carbocycles. The first kappa shape index (κ1) is 28.0. The van der Waals surface area contributed by atoms with Crippen LogP contribution in [-0.4, -0.2) is 11.1 Å². The van der Waals surface area contributed by atoms with Crippen molar-refractivity contribution in [3.05, 3.63) is 66.3 Å². The molecule has 40 heavy (non-hydrogen) atoms. The van der Waals surface area contributed by atoms with Gasteiger partial charge in [0.2, 0.25) is 0 Å². The predicted molar refractivity (Wildman–Crippen MR) is 166 cm³/mol. The Morgan fingerprint density at radius 2 is 1.60 bits per heavy atom. The van der Waals surface area contributed by atoms with E-state index in [1.54, 1.807) is 12.1 Å². The zero-order chi connectivity index (χ0) is 28.9. The van der Waals surface area contributed by atoms with Crippen LogP contribution in [0.4, 0.5) is 0 Å². The standard InChI is InChI=1S/C38H52O2/c1-9-38-21-16-27(24(2)3)32(38)29-14-15-31-35(6)19-17-28(25-10-12-26(13-11-25)33(39)40)34(4,5)30(35)18-20-37(31,8)36(29,7)22-23-38/h9-13,17,27,29-32H,1-2,14-16,18-23H2,3-8H3,(H,39,40)/t27-,29+,30-,31+,32+,35-,36+,37+,38+/m0/s1. The smallest absolute Gasteiger partial charge is 0.335 e. The normalized spacial score (nSPS) is 45.2. The molecule has 1 aromatic rings. The quantitative estimate of drug-likeness (QED) is 0.386. The molecule has 5 aliphatic rings. The van der Waals surface area contributed by atoms with E-state index in [-0.39, 0.29) is 10.8 Å². The second-order valence-corrected chi connectivity index (χ2v) is 16.0. The molecule has 0 amide bonds. The Kier molecular flexibility index (Phi) is 6.28. The molecule has 0 bridgehead atoms. The molecule has 2 heteroatoms. The van der Waals surface area contributed by atoms with E-state index in [4.69, 9.17) is 0 Å². The minimum Gasteiger partial charge on any atom is -0.478 e. The van der Waals surface area contributed by atoms with Crippen molar-refractivity contribution in [2.75, 3.05) is 0 Å². The lowest BCUT2D eigenvalue weighted by Gasteiger charge is -2.72. The Bertz CT molecular complexity index is 1270. The van der Waals surface area contributed by atoms with Crippen LogP contribution in [-0.2, 0) is 0 Å². The Balaban J connectivity index is 1.37. The van der Waals surface area contributed by atoms with E-state index >= 15 is 0 Å². The number of allylic oxidation sites excluding steroid dienone is 4. The minimum atomic E-state index is -0.855. The van der Waals surface area contributed by atoms with Gasteiger partial charge in [0.25, 0.3) is 0 Å². The van der Waals surface area contributed by atoms with E-state index in [2.05, 4.69) is 66.9 Å². The van der Waals surface area contributed by atoms with E-state index < -0.39 is 5.97 Å². The van der Waals surface area contributed by atoms with Gasteiger partial charge >= 0.3 is 5.97 Å². The molecular weight excluding hydrogens is 488 g/mol. The Morgan fingerprint density at radius 1 is 0.900 bits per heavy atom. The molecule has 0 unspecified atom stereocenters. The first-order chi connectivity index (χ1) is 18.7. The second kappa shape index (κ2) is 8.95. The summed E-state index contributed by atoms with van der Waals surface area (Å²) < 4.78 is 0. The Morgan fingerprint density at radius 3 is 2.23 bits per heavy atom. The molecule has 0 aromatic heterocycles. The molecular formula is C38H52O2. The first-order valence-corrected chi connectivity index (χ1v) is 16.1. The van der Waals surface area contributed by atoms with Crippen molar-refractivity contribution in [2.24, 2.45) is 56.7 Å². The van der Waals surface area contributed by atoms with Gasteiger partial charge in [0.15, 0.2) is 0 Å². The Hall–Kier alpha value is -2.09. The molecule has 4 saturated carbocycles. The van der Waals surface area contributed by atoms with Crippen LogP contribution < -0.4 is 0 Å². The fourth-order valence-corrected chi connectivity index (χ4v) is 12.4. The highest BCUT2D eigenvalue weighted by molar-refractivity contribution is 5.88. The maximum absolute atomic E-state index is 11.5. The van der Waals surface area contributed by atoms with Crippen molar-refractivity contribution in [2.45, 2.75) is 99.3 Å². The highest BCUT2D eigenvalue weighted by atomic mass is 16.4. The van der Waals surface area contributed by atoms with Gasteiger partial charge in [-0.25, -0.2) is 4.79 Å². The summed E-state index contributed by atoms with van der Waals surface area (Å²) in [5.74, 6) is 2.64. The lowest BCUT2D eigenvalue weighted by Crippen LogP contribution is -2.65. The van der Waals surface area contributed by atoms with Gasteiger partial charge in [-0.2, -0.15) is 0 Å². The van der Waals surface area contributed by atoms with Gasteiger partial charge in [0, 0.05) is 0 Å². The summed E-state index contributed by atoms with van der Waals surface area (Å²) in [5.41, 5.74) is 5.75. The van der Waals surface area contributed by atoms with E-state index in [9.17, 15) is 9.90 Å². The van der Waals surface area contributed by atoms with Crippen LogP contribution in [0.15, 0.2) is 55.1 Å². The van der Waals surface area contributed by atoms with Crippen molar-refractivity contribution in [1.29, 1.82) is 0 Å². The molecule has 0 radical (unpaired) electrons. The maximum atomic E-state index is 11.5. The summed E-state index contributed by atoms with van der Waals surface area (Å²) in [6.07, 6.45) is 16.6. The third-order valence-electron chi connectivity index (χ3n) is 14.6. The third kappa shape index (κ3) is 3.49. The molecule has 6 rings (SSSR count). The SMILES string of the molecule is C=C[C@]12CC[C@@H](C(=C)C)[C@@H]1[C@H]1CC[C@@H]3[C@@]4(C)CC=C(c5ccc(C(=O)O)cc5)C(C)(C)[C@@H]4CC[C@@]3(C)[C@]1(C)CC2. The van der Waals surface area contributed by atoms with Gasteiger partial charge in [0.05, 0.1) is 5.56 Å². The van der Waals surface area contributed by atoms with Crippen LogP contribution in [0.2, 0.25) is 0 Å². The third-order valence-corrected chi connectivity index (χ3v) is 14.6. The van der Waals surface area contributed by atoms with E-state index in [0.29, 0.717) is 39.6 Å². The summed E-state index contributed by atoms with van der Waals surface area (Å²) in [5, 5.41) is 9.41. The molecule has 0 aliphatic heterocycles. The number of benzene rings is 1. The number of carboxylic acids is 1. The number of hydrogen-bond donors (Lipinski definition) is 1. The average molecular weight is 541 g/mol. The molecule has 0 saturated heterocycles. The number of fused-ring (bicyclic) bond motifs is 7. The molecule has 9 atom stereocenters. The van der Waals surface area contributed by atoms with Gasteiger partial charge < -0.3 is 5.11 Å². The van der Waals surface area contributed by atoms with Gasteiger partial charge in [-0.3, -0.25) is 0 Å². The zero-order valence-electron chi connectivity index (χ0n) is 26.0. The van der Waals surface area contributed by atoms with Crippen LogP contribution in [0.5, 0.6) is 0 Å². The van der Waals surface area contributed by atoms with E-state index in [1.165, 1.54) is 68.1 Å². The maximum Gasteiger partial charge on any atom is 0.335 e. The number of hydrogen-bond acceptors (Lipinski definition) is 1. The fraction of sp³-hybridized carbons (Fsp3) is 0.658. The van der Waals surface area contributed by atoms with Crippen molar-refractivity contribution >= 4 is 11.5 Å². The zero-order valence-corrected chi connectivity index (χ0v) is 26.0. The second-order valence-electron chi connectivity index (χ2n) is 16.0. The van der Waals surface area contributed by atoms with E-state index in [1.807, 2.05) is 12.1 Å². The number of rotatable bonds is 4. The van der Waals surface area contributed by atoms with Crippen LogP contribution >= 0.6 is 0 Å². The first-order valence-electron chi connectivity index (χ1n) is 16.1. The lowest BCUT2D eigenvalue weighted by atomic mass is 9.32. The summed E-state index contributed by atoms with van der Waals surface area (Å²) in [7, 11) is 0. The summed E-state index contributed by atoms with van der Waals surface area (Å²) in [6, 6.07) is 7.62. The van der Waals surface area contributed by atoms with Crippen molar-refractivity contribution in [3.63, 3.8) is 0 Å². The largest absolute Gasteiger partial charge is 0.478 e. The van der Waals surface area contributed by atoms with Crippen LogP contribution in [0, 0.1) is 56.7 Å². The summed E-state index contributed by atoms with van der Waals surface area (Å²) in [6.45, 7) is 24.2. The number of aromatic carboxylic acids is 1. The van der Waals surface area contributed by atoms with Gasteiger partial charge in [0.1, 0.15) is 0 Å². The number of carboxylic acid groups (broad SMARTS) is 1. The van der Waals surface area contributed by atoms with Crippen molar-refractivity contribution < 1.29 is 9.90 Å². The molecule has 1 N–H and O–H groups in total. The molecule has 216 valence electrons. The Labute approximate surface area is 243 Å². The van der Waals surface area contributed by atoms with Crippen molar-refractivity contribution in [1.82, 2.24) is 0 Å². The van der Waals surface area contributed by atoms with E-state index in [0.717, 1.165) is 18.3 Å². The van der Waals surface area contributed by atoms with Gasteiger partial charge in [-0.05, 0) is 145 Å². The monoisotopic (exact) mass is 540 g/mol. The fourth-order valence-electron chi connectivity index (χ4n) is 12.4. The molecule has 5 aliphatic carbocycles. The molecule has 2 nitrogen and oxygen atoms in total. The summed E-state index contributed by atoms with van der Waals surface area (Å²) in [4.78, 5) is 11.5. The van der Waals surface area contributed by atoms with Gasteiger partial charge in [-0.15, -0.1) is 6.58 Å². The summed E-state index contributed by atoms with van der Waals surface area (Å²) >= 11 is 0. The minimum absolute atomic E-state index is 0.0535. The number of carbonyl (C=O) groups is 1. The average Bonchev–Trinajstić information content (AvgIpc) is 3.29. The van der Waals surface area contributed by atoms with Crippen LogP contribution in [0.1, 0.15) is 115 Å². The topological polar surface area (TPSA) is 37.3 Å². The lowest BCUT2D eigenvalue weighted by molar-refractivity contribution is -0.221. The van der Waals surface area contributed by atoms with Crippen molar-refractivity contribution in [3.8, 4) is 0 Å². The molecule has 4 fully saturated rings. The van der Waals surface area contributed by atoms with Gasteiger partial charge in [-0.1, -0.05) is 71.1 Å². The highest BCUT2D eigenvalue weighted by Gasteiger charge is 2.70. The van der Waals surface area contributed by atoms with Crippen LogP contribution in [0.3, 0.4) is 0 Å². The molecule has 0 spiro atoms. The van der Waals surface area contributed by atoms with Crippen LogP contribution in [0.25, 0.3) is 5.57 Å². The molecule has 0 heterocycles.